The van der Waals surface area contributed by atoms with Crippen LogP contribution < -0.4 is 0 Å². The predicted octanol–water partition coefficient (Wildman–Crippen LogP) is 4.86. The summed E-state index contributed by atoms with van der Waals surface area (Å²) < 4.78 is 24.5. The Hall–Kier alpha value is -2.59. The van der Waals surface area contributed by atoms with Crippen molar-refractivity contribution < 1.29 is 28.8 Å². The molecule has 2 saturated heterocycles. The quantitative estimate of drug-likeness (QED) is 0.493. The van der Waals surface area contributed by atoms with Crippen LogP contribution >= 0.6 is 0 Å². The Balaban J connectivity index is 1.58. The highest BCUT2D eigenvalue weighted by Crippen LogP contribution is 2.37. The van der Waals surface area contributed by atoms with E-state index in [1.54, 1.807) is 0 Å². The number of nitrogens with zero attached hydrogens (tertiary/aromatic N) is 3. The number of likely N-dealkylation sites (tertiary alicyclic amines) is 1. The highest BCUT2D eigenvalue weighted by Gasteiger charge is 2.37. The standard InChI is InChI=1S/C29H41N3O6/c1-19-11-20(2)13-22(12-19)15-37-29(6,18-35-16-24-17-36-28(4,5)38-24)25-14-30-21(3)31-26(25)23-7-9-32(10-8-23)27(33)34/h11-14,23-24H,7-10,15-18H2,1-6H3,(H,33,34). The summed E-state index contributed by atoms with van der Waals surface area (Å²) in [5, 5.41) is 9.40. The molecule has 0 radical (unpaired) electrons. The van der Waals surface area contributed by atoms with Gasteiger partial charge >= 0.3 is 6.09 Å². The molecule has 208 valence electrons. The van der Waals surface area contributed by atoms with Crippen molar-refractivity contribution >= 4 is 6.09 Å². The van der Waals surface area contributed by atoms with Crippen molar-refractivity contribution in [3.8, 4) is 0 Å². The van der Waals surface area contributed by atoms with Gasteiger partial charge in [-0.25, -0.2) is 14.8 Å². The average molecular weight is 528 g/mol. The maximum Gasteiger partial charge on any atom is 0.407 e. The van der Waals surface area contributed by atoms with E-state index in [0.29, 0.717) is 51.6 Å². The van der Waals surface area contributed by atoms with Crippen molar-refractivity contribution in [2.75, 3.05) is 32.9 Å². The van der Waals surface area contributed by atoms with E-state index in [1.165, 1.54) is 16.0 Å². The van der Waals surface area contributed by atoms with Gasteiger partial charge in [-0.3, -0.25) is 0 Å². The summed E-state index contributed by atoms with van der Waals surface area (Å²) in [6.45, 7) is 14.4. The maximum absolute atomic E-state index is 11.5. The first-order chi connectivity index (χ1) is 17.9. The number of amides is 1. The molecule has 0 saturated carbocycles. The van der Waals surface area contributed by atoms with E-state index in [-0.39, 0.29) is 18.6 Å². The summed E-state index contributed by atoms with van der Waals surface area (Å²) in [7, 11) is 0. The van der Waals surface area contributed by atoms with Crippen LogP contribution in [0.4, 0.5) is 4.79 Å². The van der Waals surface area contributed by atoms with E-state index >= 15 is 0 Å². The van der Waals surface area contributed by atoms with E-state index in [2.05, 4.69) is 37.0 Å². The zero-order valence-corrected chi connectivity index (χ0v) is 23.5. The zero-order chi connectivity index (χ0) is 27.5. The van der Waals surface area contributed by atoms with E-state index in [0.717, 1.165) is 16.8 Å². The van der Waals surface area contributed by atoms with Gasteiger partial charge in [0.25, 0.3) is 0 Å². The lowest BCUT2D eigenvalue weighted by Gasteiger charge is -2.35. The number of rotatable bonds is 9. The van der Waals surface area contributed by atoms with Crippen LogP contribution in [0.1, 0.15) is 73.3 Å². The molecule has 1 aromatic heterocycles. The van der Waals surface area contributed by atoms with E-state index < -0.39 is 17.5 Å². The zero-order valence-electron chi connectivity index (χ0n) is 23.5. The Bertz CT molecular complexity index is 1110. The minimum atomic E-state index is -0.876. The van der Waals surface area contributed by atoms with Gasteiger partial charge in [-0.15, -0.1) is 0 Å². The van der Waals surface area contributed by atoms with Gasteiger partial charge in [0.2, 0.25) is 0 Å². The fourth-order valence-corrected chi connectivity index (χ4v) is 5.37. The lowest BCUT2D eigenvalue weighted by molar-refractivity contribution is -0.153. The highest BCUT2D eigenvalue weighted by atomic mass is 16.7. The molecular formula is C29H41N3O6. The second-order valence-corrected chi connectivity index (χ2v) is 11.2. The number of hydrogen-bond acceptors (Lipinski definition) is 7. The second-order valence-electron chi connectivity index (χ2n) is 11.2. The van der Waals surface area contributed by atoms with Gasteiger partial charge in [0.05, 0.1) is 32.1 Å². The van der Waals surface area contributed by atoms with Crippen molar-refractivity contribution in [2.24, 2.45) is 0 Å². The summed E-state index contributed by atoms with van der Waals surface area (Å²) in [5.74, 6) is 0.180. The Morgan fingerprint density at radius 1 is 1.18 bits per heavy atom. The number of piperidine rings is 1. The molecule has 38 heavy (non-hydrogen) atoms. The molecule has 0 aliphatic carbocycles. The first-order valence-corrected chi connectivity index (χ1v) is 13.4. The van der Waals surface area contributed by atoms with Crippen LogP contribution in [0.15, 0.2) is 24.4 Å². The number of aromatic nitrogens is 2. The average Bonchev–Trinajstić information content (AvgIpc) is 3.20. The Morgan fingerprint density at radius 3 is 2.47 bits per heavy atom. The summed E-state index contributed by atoms with van der Waals surface area (Å²) >= 11 is 0. The molecule has 1 aromatic carbocycles. The van der Waals surface area contributed by atoms with Crippen molar-refractivity contribution in [3.63, 3.8) is 0 Å². The molecule has 2 aromatic rings. The summed E-state index contributed by atoms with van der Waals surface area (Å²) in [6, 6.07) is 6.41. The fourth-order valence-electron chi connectivity index (χ4n) is 5.37. The van der Waals surface area contributed by atoms with Gasteiger partial charge in [0.15, 0.2) is 5.79 Å². The van der Waals surface area contributed by atoms with Crippen molar-refractivity contribution in [1.82, 2.24) is 14.9 Å². The van der Waals surface area contributed by atoms with E-state index in [4.69, 9.17) is 23.9 Å². The lowest BCUT2D eigenvalue weighted by atomic mass is 9.85. The number of benzene rings is 1. The number of ether oxygens (including phenoxy) is 4. The molecule has 3 heterocycles. The van der Waals surface area contributed by atoms with Crippen LogP contribution in [-0.4, -0.2) is 70.9 Å². The smallest absolute Gasteiger partial charge is 0.407 e. The first-order valence-electron chi connectivity index (χ1n) is 13.4. The molecule has 2 aliphatic rings. The second kappa shape index (κ2) is 11.7. The summed E-state index contributed by atoms with van der Waals surface area (Å²) in [6.07, 6.45) is 2.23. The van der Waals surface area contributed by atoms with Crippen molar-refractivity contribution in [3.05, 3.63) is 58.2 Å². The third-order valence-electron chi connectivity index (χ3n) is 7.25. The predicted molar refractivity (Wildman–Crippen MR) is 142 cm³/mol. The van der Waals surface area contributed by atoms with Crippen LogP contribution in [0.25, 0.3) is 0 Å². The molecule has 0 spiro atoms. The SMILES string of the molecule is Cc1cc(C)cc(COC(C)(COCC2COC(C)(C)O2)c2cnc(C)nc2C2CCN(C(=O)O)CC2)c1. The Morgan fingerprint density at radius 2 is 1.87 bits per heavy atom. The van der Waals surface area contributed by atoms with Gasteiger partial charge in [0.1, 0.15) is 17.5 Å². The molecular weight excluding hydrogens is 486 g/mol. The van der Waals surface area contributed by atoms with Gasteiger partial charge in [-0.2, -0.15) is 0 Å². The lowest BCUT2D eigenvalue weighted by Crippen LogP contribution is -2.39. The van der Waals surface area contributed by atoms with Gasteiger partial charge < -0.3 is 29.0 Å². The first kappa shape index (κ1) is 28.4. The molecule has 1 amide bonds. The third kappa shape index (κ3) is 7.08. The minimum absolute atomic E-state index is 0.110. The molecule has 9 heteroatoms. The molecule has 2 aliphatic heterocycles. The van der Waals surface area contributed by atoms with Gasteiger partial charge in [-0.05, 0) is 59.9 Å². The van der Waals surface area contributed by atoms with Gasteiger partial charge in [0, 0.05) is 30.8 Å². The Kier molecular flexibility index (Phi) is 8.72. The van der Waals surface area contributed by atoms with Crippen LogP contribution in [0.2, 0.25) is 0 Å². The van der Waals surface area contributed by atoms with Crippen LogP contribution in [0.5, 0.6) is 0 Å². The van der Waals surface area contributed by atoms with Crippen molar-refractivity contribution in [2.45, 2.75) is 84.4 Å². The number of carboxylic acid groups (broad SMARTS) is 1. The monoisotopic (exact) mass is 527 g/mol. The fraction of sp³-hybridized carbons (Fsp3) is 0.621. The highest BCUT2D eigenvalue weighted by molar-refractivity contribution is 5.65. The largest absolute Gasteiger partial charge is 0.465 e. The number of aryl methyl sites for hydroxylation is 3. The van der Waals surface area contributed by atoms with Crippen LogP contribution in [-0.2, 0) is 31.2 Å². The molecule has 4 rings (SSSR count). The number of hydrogen-bond donors (Lipinski definition) is 1. The van der Waals surface area contributed by atoms with Crippen molar-refractivity contribution in [1.29, 1.82) is 0 Å². The molecule has 2 unspecified atom stereocenters. The molecule has 1 N–H and O–H groups in total. The topological polar surface area (TPSA) is 103 Å². The van der Waals surface area contributed by atoms with Crippen LogP contribution in [0, 0.1) is 20.8 Å². The number of carbonyl (C=O) groups is 1. The molecule has 2 atom stereocenters. The van der Waals surface area contributed by atoms with E-state index in [9.17, 15) is 9.90 Å². The molecule has 2 fully saturated rings. The van der Waals surface area contributed by atoms with Gasteiger partial charge in [-0.1, -0.05) is 29.3 Å². The minimum Gasteiger partial charge on any atom is -0.465 e. The molecule has 0 bridgehead atoms. The third-order valence-corrected chi connectivity index (χ3v) is 7.25. The maximum atomic E-state index is 11.5. The summed E-state index contributed by atoms with van der Waals surface area (Å²) in [5.41, 5.74) is 4.42. The summed E-state index contributed by atoms with van der Waals surface area (Å²) in [4.78, 5) is 22.3. The molecule has 9 nitrogen and oxygen atoms in total. The van der Waals surface area contributed by atoms with E-state index in [1.807, 2.05) is 33.9 Å². The Labute approximate surface area is 225 Å². The normalized spacial score (nSPS) is 21.4. The van der Waals surface area contributed by atoms with Crippen LogP contribution in [0.3, 0.4) is 0 Å².